The first-order chi connectivity index (χ1) is 6.36. The summed E-state index contributed by atoms with van der Waals surface area (Å²) in [6.45, 7) is 4.53. The summed E-state index contributed by atoms with van der Waals surface area (Å²) in [6, 6.07) is 2.45. The van der Waals surface area contributed by atoms with Crippen LogP contribution in [0.15, 0.2) is 11.9 Å². The number of unbranched alkanes of at least 4 members (excludes halogenated alkanes) is 2. The van der Waals surface area contributed by atoms with Crippen LogP contribution in [0.4, 0.5) is 0 Å². The van der Waals surface area contributed by atoms with Crippen molar-refractivity contribution < 1.29 is 0 Å². The van der Waals surface area contributed by atoms with E-state index in [1.54, 1.807) is 10.9 Å². The molecular weight excluding hydrogens is 175 g/mol. The summed E-state index contributed by atoms with van der Waals surface area (Å²) in [5, 5.41) is 1.69. The standard InChI is InChI=1S/C12H21P/c1-3-5-7-11-9-12(13-10-11)8-6-4-2/h9-10,13H,3-8H2,1-2H3. The average Bonchev–Trinajstić information content (AvgIpc) is 2.59. The Bertz CT molecular complexity index is 202. The van der Waals surface area contributed by atoms with E-state index in [1.165, 1.54) is 38.5 Å². The van der Waals surface area contributed by atoms with Crippen molar-refractivity contribution in [1.82, 2.24) is 0 Å². The Morgan fingerprint density at radius 3 is 2.46 bits per heavy atom. The first kappa shape index (κ1) is 10.9. The van der Waals surface area contributed by atoms with E-state index in [9.17, 15) is 0 Å². The van der Waals surface area contributed by atoms with E-state index < -0.39 is 0 Å². The van der Waals surface area contributed by atoms with Gasteiger partial charge in [0.15, 0.2) is 0 Å². The van der Waals surface area contributed by atoms with Crippen LogP contribution in [0.3, 0.4) is 0 Å². The molecule has 0 nitrogen and oxygen atoms in total. The van der Waals surface area contributed by atoms with Crippen LogP contribution in [0.25, 0.3) is 0 Å². The fraction of sp³-hybridized carbons (Fsp3) is 0.667. The highest BCUT2D eigenvalue weighted by molar-refractivity contribution is 7.30. The van der Waals surface area contributed by atoms with Crippen molar-refractivity contribution in [3.8, 4) is 0 Å². The zero-order chi connectivity index (χ0) is 9.52. The van der Waals surface area contributed by atoms with E-state index in [0.29, 0.717) is 0 Å². The summed E-state index contributed by atoms with van der Waals surface area (Å²) in [6.07, 6.45) is 8.01. The van der Waals surface area contributed by atoms with E-state index >= 15 is 0 Å². The Morgan fingerprint density at radius 2 is 1.77 bits per heavy atom. The van der Waals surface area contributed by atoms with Crippen LogP contribution in [0.5, 0.6) is 0 Å². The Kier molecular flexibility index (Phi) is 5.23. The Morgan fingerprint density at radius 1 is 1.08 bits per heavy atom. The van der Waals surface area contributed by atoms with Crippen molar-refractivity contribution in [2.45, 2.75) is 52.4 Å². The molecule has 1 atom stereocenters. The Labute approximate surface area is 83.8 Å². The first-order valence-electron chi connectivity index (χ1n) is 5.53. The molecule has 0 aliphatic rings. The smallest absolute Gasteiger partial charge is 0.0244 e. The normalized spacial score (nSPS) is 11.2. The summed E-state index contributed by atoms with van der Waals surface area (Å²) >= 11 is 0. The number of hydrogen-bond acceptors (Lipinski definition) is 0. The molecule has 0 aliphatic carbocycles. The molecule has 13 heavy (non-hydrogen) atoms. The lowest BCUT2D eigenvalue weighted by atomic mass is 10.1. The molecule has 0 aliphatic heterocycles. The maximum atomic E-state index is 2.45. The summed E-state index contributed by atoms with van der Waals surface area (Å²) in [4.78, 5) is 0. The highest BCUT2D eigenvalue weighted by Crippen LogP contribution is 2.22. The van der Waals surface area contributed by atoms with Gasteiger partial charge in [0.25, 0.3) is 0 Å². The van der Waals surface area contributed by atoms with Gasteiger partial charge in [-0.25, -0.2) is 0 Å². The summed E-state index contributed by atoms with van der Waals surface area (Å²) in [5.74, 6) is 2.45. The first-order valence-corrected chi connectivity index (χ1v) is 6.60. The van der Waals surface area contributed by atoms with Crippen LogP contribution in [-0.4, -0.2) is 0 Å². The van der Waals surface area contributed by atoms with Crippen LogP contribution < -0.4 is 0 Å². The second-order valence-electron chi connectivity index (χ2n) is 3.74. The van der Waals surface area contributed by atoms with E-state index in [-0.39, 0.29) is 0 Å². The van der Waals surface area contributed by atoms with E-state index in [2.05, 4.69) is 25.7 Å². The largest absolute Gasteiger partial charge is 0.136 e. The molecule has 1 rings (SSSR count). The lowest BCUT2D eigenvalue weighted by Gasteiger charge is -1.94. The van der Waals surface area contributed by atoms with Gasteiger partial charge in [0.05, 0.1) is 0 Å². The third-order valence-electron chi connectivity index (χ3n) is 2.42. The highest BCUT2D eigenvalue weighted by Gasteiger charge is 1.97. The minimum Gasteiger partial charge on any atom is -0.136 e. The third-order valence-corrected chi connectivity index (χ3v) is 3.70. The van der Waals surface area contributed by atoms with Crippen molar-refractivity contribution >= 4 is 8.19 Å². The summed E-state index contributed by atoms with van der Waals surface area (Å²) in [7, 11) is 1.00. The summed E-state index contributed by atoms with van der Waals surface area (Å²) < 4.78 is 0. The molecule has 0 aromatic carbocycles. The van der Waals surface area contributed by atoms with Crippen LogP contribution in [-0.2, 0) is 12.8 Å². The van der Waals surface area contributed by atoms with Gasteiger partial charge in [0, 0.05) is 0 Å². The molecule has 0 N–H and O–H groups in total. The second kappa shape index (κ2) is 6.27. The van der Waals surface area contributed by atoms with Crippen LogP contribution >= 0.6 is 8.19 Å². The lowest BCUT2D eigenvalue weighted by molar-refractivity contribution is 0.790. The third kappa shape index (κ3) is 4.00. The maximum Gasteiger partial charge on any atom is -0.0244 e. The van der Waals surface area contributed by atoms with Gasteiger partial charge in [-0.15, -0.1) is 8.19 Å². The molecule has 0 saturated heterocycles. The molecule has 0 saturated carbocycles. The molecule has 1 heteroatoms. The summed E-state index contributed by atoms with van der Waals surface area (Å²) in [5.41, 5.74) is 1.60. The molecule has 0 radical (unpaired) electrons. The van der Waals surface area contributed by atoms with Gasteiger partial charge >= 0.3 is 0 Å². The molecule has 1 aromatic heterocycles. The van der Waals surface area contributed by atoms with Crippen molar-refractivity contribution in [3.63, 3.8) is 0 Å². The zero-order valence-electron chi connectivity index (χ0n) is 8.90. The predicted octanol–water partition coefficient (Wildman–Crippen LogP) is 4.40. The van der Waals surface area contributed by atoms with Gasteiger partial charge in [0.2, 0.25) is 0 Å². The zero-order valence-corrected chi connectivity index (χ0v) is 9.90. The van der Waals surface area contributed by atoms with Gasteiger partial charge in [-0.1, -0.05) is 32.8 Å². The lowest BCUT2D eigenvalue weighted by Crippen LogP contribution is -1.81. The van der Waals surface area contributed by atoms with Crippen molar-refractivity contribution in [1.29, 1.82) is 0 Å². The SMILES string of the molecule is CCCCc1c[pH]c(CCCC)c1. The molecular formula is C12H21P. The van der Waals surface area contributed by atoms with Gasteiger partial charge in [-0.05, 0) is 42.3 Å². The van der Waals surface area contributed by atoms with Crippen LogP contribution in [0.2, 0.25) is 0 Å². The molecule has 1 heterocycles. The molecule has 0 bridgehead atoms. The quantitative estimate of drug-likeness (QED) is 0.632. The van der Waals surface area contributed by atoms with Crippen LogP contribution in [0, 0.1) is 0 Å². The topological polar surface area (TPSA) is 0 Å². The number of aryl methyl sites for hydroxylation is 2. The van der Waals surface area contributed by atoms with Crippen molar-refractivity contribution in [3.05, 3.63) is 22.7 Å². The van der Waals surface area contributed by atoms with Gasteiger partial charge < -0.3 is 0 Å². The van der Waals surface area contributed by atoms with Gasteiger partial charge in [0.1, 0.15) is 0 Å². The maximum absolute atomic E-state index is 2.45. The molecule has 74 valence electrons. The number of rotatable bonds is 6. The molecule has 0 fully saturated rings. The minimum atomic E-state index is 1.00. The number of hydrogen-bond donors (Lipinski definition) is 0. The van der Waals surface area contributed by atoms with Crippen LogP contribution in [0.1, 0.15) is 50.4 Å². The van der Waals surface area contributed by atoms with Crippen molar-refractivity contribution in [2.24, 2.45) is 0 Å². The van der Waals surface area contributed by atoms with Gasteiger partial charge in [-0.2, -0.15) is 0 Å². The Hall–Kier alpha value is -0.220. The monoisotopic (exact) mass is 196 g/mol. The average molecular weight is 196 g/mol. The van der Waals surface area contributed by atoms with E-state index in [0.717, 1.165) is 8.19 Å². The minimum absolute atomic E-state index is 1.00. The predicted molar refractivity (Wildman–Crippen MR) is 63.2 cm³/mol. The molecule has 1 unspecified atom stereocenters. The van der Waals surface area contributed by atoms with Gasteiger partial charge in [-0.3, -0.25) is 0 Å². The van der Waals surface area contributed by atoms with Crippen molar-refractivity contribution in [2.75, 3.05) is 0 Å². The second-order valence-corrected chi connectivity index (χ2v) is 4.96. The van der Waals surface area contributed by atoms with E-state index in [4.69, 9.17) is 0 Å². The Balaban J connectivity index is 2.34. The molecule has 0 spiro atoms. The fourth-order valence-electron chi connectivity index (χ4n) is 1.53. The fourth-order valence-corrected chi connectivity index (χ4v) is 2.72. The van der Waals surface area contributed by atoms with E-state index in [1.807, 2.05) is 0 Å². The molecule has 1 aromatic rings. The highest BCUT2D eigenvalue weighted by atomic mass is 31.0. The molecule has 0 amide bonds.